The predicted molar refractivity (Wildman–Crippen MR) is 109 cm³/mol. The molecule has 0 N–H and O–H groups in total. The number of halogens is 3. The van der Waals surface area contributed by atoms with Gasteiger partial charge in [-0.15, -0.1) is 0 Å². The van der Waals surface area contributed by atoms with Gasteiger partial charge < -0.3 is 19.1 Å². The van der Waals surface area contributed by atoms with Crippen molar-refractivity contribution in [3.63, 3.8) is 0 Å². The van der Waals surface area contributed by atoms with Crippen molar-refractivity contribution in [1.29, 1.82) is 0 Å². The van der Waals surface area contributed by atoms with Crippen LogP contribution in [0.4, 0.5) is 0 Å². The average Bonchev–Trinajstić information content (AvgIpc) is 2.67. The molecule has 26 heavy (non-hydrogen) atoms. The van der Waals surface area contributed by atoms with E-state index in [-0.39, 0.29) is 0 Å². The molecule has 0 amide bonds. The predicted octanol–water partition coefficient (Wildman–Crippen LogP) is 1.98. The van der Waals surface area contributed by atoms with Crippen molar-refractivity contribution in [2.75, 3.05) is 78.9 Å². The van der Waals surface area contributed by atoms with E-state index in [2.05, 4.69) is 9.34 Å². The first-order valence-electron chi connectivity index (χ1n) is 8.68. The molecule has 3 rings (SSSR count). The van der Waals surface area contributed by atoms with Crippen LogP contribution in [0, 0.1) is 0 Å². The second kappa shape index (κ2) is 9.53. The summed E-state index contributed by atoms with van der Waals surface area (Å²) in [5.74, 6) is 0.423. The van der Waals surface area contributed by atoms with Gasteiger partial charge in [-0.2, -0.15) is 0 Å². The maximum absolute atomic E-state index is 6.32. The Morgan fingerprint density at radius 2 is 1.15 bits per heavy atom. The van der Waals surface area contributed by atoms with E-state index < -0.39 is 10.3 Å². The first-order valence-corrected chi connectivity index (χ1v) is 12.5. The molecule has 0 aromatic heterocycles. The van der Waals surface area contributed by atoms with Crippen LogP contribution in [0.15, 0.2) is 4.76 Å². The minimum atomic E-state index is -2.50. The normalized spacial score (nSPS) is 25.5. The molecule has 150 valence electrons. The number of alkyl halides is 3. The van der Waals surface area contributed by atoms with Gasteiger partial charge in [-0.25, -0.2) is 14.1 Å². The van der Waals surface area contributed by atoms with E-state index in [1.807, 2.05) is 4.90 Å². The zero-order valence-corrected chi connectivity index (χ0v) is 18.5. The Morgan fingerprint density at radius 1 is 0.769 bits per heavy atom. The number of amidine groups is 1. The molecule has 3 aliphatic rings. The number of hydrogen-bond acceptors (Lipinski definition) is 4. The van der Waals surface area contributed by atoms with Crippen LogP contribution in [0.2, 0.25) is 0 Å². The lowest BCUT2D eigenvalue weighted by atomic mass is 10.4. The highest BCUT2D eigenvalue weighted by molar-refractivity contribution is 8.11. The minimum Gasteiger partial charge on any atom is -0.379 e. The summed E-state index contributed by atoms with van der Waals surface area (Å²) in [6.07, 6.45) is 0. The van der Waals surface area contributed by atoms with Crippen LogP contribution in [0.1, 0.15) is 0 Å². The third kappa shape index (κ3) is 5.23. The third-order valence-corrected chi connectivity index (χ3v) is 9.36. The lowest BCUT2D eigenvalue weighted by molar-refractivity contribution is 0.0576. The molecular weight excluding hydrogens is 442 g/mol. The molecule has 0 bridgehead atoms. The summed E-state index contributed by atoms with van der Waals surface area (Å²) < 4.78 is 24.3. The summed E-state index contributed by atoms with van der Waals surface area (Å²) in [6.45, 7) is 5.40. The van der Waals surface area contributed by atoms with Crippen LogP contribution in [0.25, 0.3) is 0 Å². The summed E-state index contributed by atoms with van der Waals surface area (Å²) in [5.41, 5.74) is 0. The van der Waals surface area contributed by atoms with Gasteiger partial charge in [-0.05, 0) is 11.8 Å². The SMILES string of the molecule is S=P(N=C(N1CCOCC1)C(Cl)(Cl)Cl)(N1CCOCC1)N1CCOCC1. The molecule has 0 aromatic rings. The van der Waals surface area contributed by atoms with Crippen LogP contribution in [-0.2, 0) is 26.0 Å². The highest BCUT2D eigenvalue weighted by atomic mass is 35.6. The van der Waals surface area contributed by atoms with Gasteiger partial charge in [0.1, 0.15) is 0 Å². The van der Waals surface area contributed by atoms with Crippen molar-refractivity contribution in [2.24, 2.45) is 4.76 Å². The number of nitrogens with zero attached hydrogens (tertiary/aromatic N) is 4. The van der Waals surface area contributed by atoms with E-state index >= 15 is 0 Å². The van der Waals surface area contributed by atoms with E-state index in [0.29, 0.717) is 58.6 Å². The molecule has 0 radical (unpaired) electrons. The van der Waals surface area contributed by atoms with Crippen molar-refractivity contribution >= 4 is 58.9 Å². The smallest absolute Gasteiger partial charge is 0.247 e. The fourth-order valence-electron chi connectivity index (χ4n) is 3.13. The van der Waals surface area contributed by atoms with E-state index in [1.54, 1.807) is 0 Å². The lowest BCUT2D eigenvalue weighted by Crippen LogP contribution is -2.48. The van der Waals surface area contributed by atoms with Gasteiger partial charge in [0.15, 0.2) is 12.3 Å². The Bertz CT molecular complexity index is 526. The molecule has 0 saturated carbocycles. The van der Waals surface area contributed by atoms with E-state index in [0.717, 1.165) is 26.2 Å². The van der Waals surface area contributed by atoms with Crippen molar-refractivity contribution in [3.8, 4) is 0 Å². The van der Waals surface area contributed by atoms with Crippen LogP contribution in [-0.4, -0.2) is 103 Å². The Kier molecular flexibility index (Phi) is 7.88. The van der Waals surface area contributed by atoms with E-state index in [9.17, 15) is 0 Å². The number of hydrogen-bond donors (Lipinski definition) is 0. The molecule has 3 heterocycles. The summed E-state index contributed by atoms with van der Waals surface area (Å²) in [6, 6.07) is 0. The van der Waals surface area contributed by atoms with Gasteiger partial charge in [-0.3, -0.25) is 0 Å². The second-order valence-corrected chi connectivity index (χ2v) is 12.3. The van der Waals surface area contributed by atoms with Crippen molar-refractivity contribution in [3.05, 3.63) is 0 Å². The molecule has 7 nitrogen and oxygen atoms in total. The maximum Gasteiger partial charge on any atom is 0.247 e. The minimum absolute atomic E-state index is 0.423. The Balaban J connectivity index is 1.96. The molecular formula is C14H24Cl3N4O3PS. The topological polar surface area (TPSA) is 49.8 Å². The first-order chi connectivity index (χ1) is 12.4. The summed E-state index contributed by atoms with van der Waals surface area (Å²) in [7, 11) is 0. The molecule has 0 atom stereocenters. The molecule has 3 aliphatic heterocycles. The van der Waals surface area contributed by atoms with Crippen molar-refractivity contribution < 1.29 is 14.2 Å². The maximum atomic E-state index is 6.32. The van der Waals surface area contributed by atoms with Gasteiger partial charge >= 0.3 is 0 Å². The number of ether oxygens (including phenoxy) is 3. The summed E-state index contributed by atoms with van der Waals surface area (Å²) in [5, 5.41) is 0. The molecule has 3 saturated heterocycles. The van der Waals surface area contributed by atoms with Gasteiger partial charge in [0.05, 0.1) is 39.6 Å². The van der Waals surface area contributed by atoms with E-state index in [1.165, 1.54) is 0 Å². The molecule has 0 unspecified atom stereocenters. The zero-order chi connectivity index (χ0) is 18.6. The lowest BCUT2D eigenvalue weighted by Gasteiger charge is -2.44. The number of morpholine rings is 3. The van der Waals surface area contributed by atoms with Crippen LogP contribution >= 0.6 is 41.3 Å². The average molecular weight is 466 g/mol. The van der Waals surface area contributed by atoms with E-state index in [4.69, 9.17) is 65.6 Å². The Hall–Kier alpha value is 0.790. The van der Waals surface area contributed by atoms with Gasteiger partial charge in [0, 0.05) is 39.3 Å². The standard InChI is InChI=1S/C14H24Cl3N4O3PS/c15-14(16,17)13(19-1-7-22-8-2-19)18-25(26,20-3-9-23-10-4-20)21-5-11-24-12-6-21/h1-12H2. The molecule has 0 aliphatic carbocycles. The first kappa shape index (κ1) is 21.5. The third-order valence-electron chi connectivity index (χ3n) is 4.50. The number of rotatable bonds is 3. The Morgan fingerprint density at radius 3 is 1.54 bits per heavy atom. The monoisotopic (exact) mass is 464 g/mol. The zero-order valence-electron chi connectivity index (χ0n) is 14.5. The highest BCUT2D eigenvalue weighted by Gasteiger charge is 2.40. The summed E-state index contributed by atoms with van der Waals surface area (Å²) >= 11 is 25.1. The van der Waals surface area contributed by atoms with Crippen molar-refractivity contribution in [2.45, 2.75) is 3.79 Å². The van der Waals surface area contributed by atoms with Crippen LogP contribution in [0.5, 0.6) is 0 Å². The van der Waals surface area contributed by atoms with Gasteiger partial charge in [-0.1, -0.05) is 34.8 Å². The fourth-order valence-corrected chi connectivity index (χ4v) is 7.51. The quantitative estimate of drug-likeness (QED) is 0.273. The molecule has 0 aromatic carbocycles. The molecule has 3 fully saturated rings. The second-order valence-electron chi connectivity index (χ2n) is 6.17. The van der Waals surface area contributed by atoms with Gasteiger partial charge in [0.2, 0.25) is 3.79 Å². The largest absolute Gasteiger partial charge is 0.379 e. The Labute approximate surface area is 174 Å². The highest BCUT2D eigenvalue weighted by Crippen LogP contribution is 2.56. The van der Waals surface area contributed by atoms with Crippen LogP contribution < -0.4 is 0 Å². The van der Waals surface area contributed by atoms with Crippen molar-refractivity contribution in [1.82, 2.24) is 14.2 Å². The fraction of sp³-hybridized carbons (Fsp3) is 0.929. The molecule has 12 heteroatoms. The van der Waals surface area contributed by atoms with Gasteiger partial charge in [0.25, 0.3) is 0 Å². The summed E-state index contributed by atoms with van der Waals surface area (Å²) in [4.78, 5) is 1.98. The molecule has 0 spiro atoms. The van der Waals surface area contributed by atoms with Crippen LogP contribution in [0.3, 0.4) is 0 Å².